The summed E-state index contributed by atoms with van der Waals surface area (Å²) in [6.07, 6.45) is 2.77. The predicted molar refractivity (Wildman–Crippen MR) is 82.4 cm³/mol. The average molecular weight is 302 g/mol. The molecule has 2 aliphatic rings. The second-order valence-corrected chi connectivity index (χ2v) is 6.71. The number of benzene rings is 1. The molecule has 1 heterocycles. The fraction of sp³-hybridized carbons (Fsp3) is 0.529. The molecule has 1 aromatic rings. The normalized spacial score (nSPS) is 25.8. The molecule has 1 saturated heterocycles. The summed E-state index contributed by atoms with van der Waals surface area (Å²) in [4.78, 5) is 25.4. The van der Waals surface area contributed by atoms with Crippen LogP contribution in [0.3, 0.4) is 0 Å². The van der Waals surface area contributed by atoms with Crippen LogP contribution in [-0.4, -0.2) is 35.1 Å². The Bertz CT molecular complexity index is 571. The van der Waals surface area contributed by atoms with Gasteiger partial charge in [-0.2, -0.15) is 0 Å². The van der Waals surface area contributed by atoms with Gasteiger partial charge in [-0.15, -0.1) is 0 Å². The Balaban J connectivity index is 1.67. The van der Waals surface area contributed by atoms with Crippen molar-refractivity contribution in [3.05, 3.63) is 35.9 Å². The number of carboxylic acid groups (broad SMARTS) is 1. The molecule has 5 nitrogen and oxygen atoms in total. The Morgan fingerprint density at radius 3 is 2.55 bits per heavy atom. The van der Waals surface area contributed by atoms with E-state index in [0.29, 0.717) is 18.9 Å². The van der Waals surface area contributed by atoms with Crippen molar-refractivity contribution < 1.29 is 14.7 Å². The topological polar surface area (TPSA) is 69.6 Å². The van der Waals surface area contributed by atoms with Gasteiger partial charge in [0.05, 0.1) is 11.5 Å². The molecule has 5 heteroatoms. The van der Waals surface area contributed by atoms with Crippen LogP contribution in [0.2, 0.25) is 0 Å². The van der Waals surface area contributed by atoms with Crippen LogP contribution in [0.5, 0.6) is 0 Å². The van der Waals surface area contributed by atoms with Crippen LogP contribution in [0.4, 0.5) is 4.79 Å². The Labute approximate surface area is 130 Å². The number of hydrogen-bond donors (Lipinski definition) is 2. The van der Waals surface area contributed by atoms with Crippen molar-refractivity contribution in [2.75, 3.05) is 13.1 Å². The van der Waals surface area contributed by atoms with E-state index in [1.54, 1.807) is 11.8 Å². The molecule has 2 unspecified atom stereocenters. The number of nitrogens with zero attached hydrogens (tertiary/aromatic N) is 1. The van der Waals surface area contributed by atoms with E-state index in [0.717, 1.165) is 18.4 Å². The van der Waals surface area contributed by atoms with E-state index in [2.05, 4.69) is 5.32 Å². The molecule has 2 N–H and O–H groups in total. The zero-order valence-corrected chi connectivity index (χ0v) is 12.8. The second kappa shape index (κ2) is 5.63. The van der Waals surface area contributed by atoms with Crippen LogP contribution < -0.4 is 5.32 Å². The third-order valence-corrected chi connectivity index (χ3v) is 4.81. The van der Waals surface area contributed by atoms with Crippen molar-refractivity contribution in [3.8, 4) is 0 Å². The van der Waals surface area contributed by atoms with Crippen molar-refractivity contribution in [1.29, 1.82) is 0 Å². The minimum Gasteiger partial charge on any atom is -0.481 e. The third kappa shape index (κ3) is 2.93. The number of rotatable bonds is 4. The first kappa shape index (κ1) is 14.9. The summed E-state index contributed by atoms with van der Waals surface area (Å²) >= 11 is 0. The third-order valence-electron chi connectivity index (χ3n) is 4.81. The lowest BCUT2D eigenvalue weighted by molar-refractivity contribution is -0.147. The average Bonchev–Trinajstić information content (AvgIpc) is 3.27. The van der Waals surface area contributed by atoms with Gasteiger partial charge >= 0.3 is 12.0 Å². The highest BCUT2D eigenvalue weighted by molar-refractivity contribution is 5.79. The monoisotopic (exact) mass is 302 g/mol. The number of carbonyl (C=O) groups is 2. The molecule has 3 rings (SSSR count). The number of nitrogens with one attached hydrogen (secondary N) is 1. The highest BCUT2D eigenvalue weighted by Gasteiger charge is 2.43. The molecule has 1 saturated carbocycles. The minimum atomic E-state index is -0.829. The van der Waals surface area contributed by atoms with Crippen molar-refractivity contribution in [2.45, 2.75) is 32.2 Å². The second-order valence-electron chi connectivity index (χ2n) is 6.71. The standard InChI is InChI=1S/C17H22N2O3/c1-17(15(20)21)9-10-19(11-17)16(22)18-14(13-7-8-13)12-5-3-2-4-6-12/h2-6,13-14H,7-11H2,1H3,(H,18,22)(H,20,21). The van der Waals surface area contributed by atoms with Gasteiger partial charge in [-0.3, -0.25) is 4.79 Å². The van der Waals surface area contributed by atoms with E-state index in [1.165, 1.54) is 0 Å². The maximum Gasteiger partial charge on any atom is 0.317 e. The van der Waals surface area contributed by atoms with Gasteiger partial charge in [-0.1, -0.05) is 30.3 Å². The number of amides is 2. The maximum atomic E-state index is 12.5. The van der Waals surface area contributed by atoms with Gasteiger partial charge in [0.1, 0.15) is 0 Å². The number of carboxylic acids is 1. The molecule has 0 bridgehead atoms. The molecule has 1 aromatic carbocycles. The first-order chi connectivity index (χ1) is 10.5. The number of likely N-dealkylation sites (tertiary alicyclic amines) is 1. The molecule has 22 heavy (non-hydrogen) atoms. The van der Waals surface area contributed by atoms with E-state index in [9.17, 15) is 14.7 Å². The van der Waals surface area contributed by atoms with Gasteiger partial charge in [0.2, 0.25) is 0 Å². The van der Waals surface area contributed by atoms with E-state index in [4.69, 9.17) is 0 Å². The van der Waals surface area contributed by atoms with E-state index in [1.807, 2.05) is 30.3 Å². The highest BCUT2D eigenvalue weighted by atomic mass is 16.4. The maximum absolute atomic E-state index is 12.5. The molecule has 0 radical (unpaired) electrons. The van der Waals surface area contributed by atoms with E-state index >= 15 is 0 Å². The summed E-state index contributed by atoms with van der Waals surface area (Å²) in [5, 5.41) is 12.4. The van der Waals surface area contributed by atoms with Gasteiger partial charge in [-0.05, 0) is 37.7 Å². The molecule has 2 atom stereocenters. The Morgan fingerprint density at radius 2 is 2.00 bits per heavy atom. The van der Waals surface area contributed by atoms with E-state index in [-0.39, 0.29) is 18.6 Å². The predicted octanol–water partition coefficient (Wildman–Crippen LogP) is 2.64. The number of aliphatic carboxylic acids is 1. The van der Waals surface area contributed by atoms with Crippen LogP contribution in [0.1, 0.15) is 37.8 Å². The van der Waals surface area contributed by atoms with Crippen molar-refractivity contribution in [2.24, 2.45) is 11.3 Å². The molecular weight excluding hydrogens is 280 g/mol. The van der Waals surface area contributed by atoms with Crippen molar-refractivity contribution >= 4 is 12.0 Å². The lowest BCUT2D eigenvalue weighted by Crippen LogP contribution is -2.42. The van der Waals surface area contributed by atoms with Crippen molar-refractivity contribution in [1.82, 2.24) is 10.2 Å². The largest absolute Gasteiger partial charge is 0.481 e. The zero-order chi connectivity index (χ0) is 15.7. The Hall–Kier alpha value is -2.04. The molecule has 2 fully saturated rings. The van der Waals surface area contributed by atoms with Crippen LogP contribution in [-0.2, 0) is 4.79 Å². The summed E-state index contributed by atoms with van der Waals surface area (Å²) in [7, 11) is 0. The summed E-state index contributed by atoms with van der Waals surface area (Å²) in [5.74, 6) is -0.329. The van der Waals surface area contributed by atoms with Crippen molar-refractivity contribution in [3.63, 3.8) is 0 Å². The summed E-state index contributed by atoms with van der Waals surface area (Å²) in [6.45, 7) is 2.49. The fourth-order valence-electron chi connectivity index (χ4n) is 3.10. The van der Waals surface area contributed by atoms with Gasteiger partial charge in [0.25, 0.3) is 0 Å². The number of urea groups is 1. The zero-order valence-electron chi connectivity index (χ0n) is 12.8. The summed E-state index contributed by atoms with van der Waals surface area (Å²) < 4.78 is 0. The van der Waals surface area contributed by atoms with E-state index < -0.39 is 11.4 Å². The SMILES string of the molecule is CC1(C(=O)O)CCN(C(=O)NC(c2ccccc2)C2CC2)C1. The lowest BCUT2D eigenvalue weighted by atomic mass is 9.90. The van der Waals surface area contributed by atoms with Crippen LogP contribution in [0.25, 0.3) is 0 Å². The molecule has 1 aliphatic carbocycles. The summed E-state index contributed by atoms with van der Waals surface area (Å²) in [6, 6.07) is 9.89. The first-order valence-electron chi connectivity index (χ1n) is 7.83. The minimum absolute atomic E-state index is 0.0328. The van der Waals surface area contributed by atoms with Gasteiger partial charge in [0, 0.05) is 13.1 Å². The Kier molecular flexibility index (Phi) is 3.81. The molecule has 0 aromatic heterocycles. The summed E-state index contributed by atoms with van der Waals surface area (Å²) in [5.41, 5.74) is 0.303. The van der Waals surface area contributed by atoms with Gasteiger partial charge < -0.3 is 15.3 Å². The fourth-order valence-corrected chi connectivity index (χ4v) is 3.10. The van der Waals surface area contributed by atoms with Gasteiger partial charge in [-0.25, -0.2) is 4.79 Å². The van der Waals surface area contributed by atoms with Crippen LogP contribution in [0, 0.1) is 11.3 Å². The smallest absolute Gasteiger partial charge is 0.317 e. The van der Waals surface area contributed by atoms with Crippen LogP contribution >= 0.6 is 0 Å². The molecular formula is C17H22N2O3. The highest BCUT2D eigenvalue weighted by Crippen LogP contribution is 2.41. The molecule has 118 valence electrons. The molecule has 0 spiro atoms. The quantitative estimate of drug-likeness (QED) is 0.898. The lowest BCUT2D eigenvalue weighted by Gasteiger charge is -2.25. The Morgan fingerprint density at radius 1 is 1.32 bits per heavy atom. The van der Waals surface area contributed by atoms with Crippen LogP contribution in [0.15, 0.2) is 30.3 Å². The molecule has 2 amide bonds. The van der Waals surface area contributed by atoms with Gasteiger partial charge in [0.15, 0.2) is 0 Å². The molecule has 1 aliphatic heterocycles. The first-order valence-corrected chi connectivity index (χ1v) is 7.83. The number of carbonyl (C=O) groups excluding carboxylic acids is 1. The number of hydrogen-bond acceptors (Lipinski definition) is 2.